The first-order valence-corrected chi connectivity index (χ1v) is 8.18. The number of aryl methyl sites for hydroxylation is 1. The molecule has 2 N–H and O–H groups in total. The van der Waals surface area contributed by atoms with Gasteiger partial charge in [0.1, 0.15) is 6.61 Å². The molecule has 0 atom stereocenters. The van der Waals surface area contributed by atoms with Crippen LogP contribution in [-0.4, -0.2) is 30.3 Å². The van der Waals surface area contributed by atoms with Crippen LogP contribution >= 0.6 is 0 Å². The van der Waals surface area contributed by atoms with Crippen molar-refractivity contribution in [3.8, 4) is 5.75 Å². The summed E-state index contributed by atoms with van der Waals surface area (Å²) in [6.07, 6.45) is 4.21. The number of methoxy groups -OCH3 is 1. The summed E-state index contributed by atoms with van der Waals surface area (Å²) in [7, 11) is 1.39. The van der Waals surface area contributed by atoms with Crippen LogP contribution in [0.25, 0.3) is 0 Å². The average molecular weight is 345 g/mol. The van der Waals surface area contributed by atoms with E-state index < -0.39 is 5.82 Å². The maximum atomic E-state index is 13.8. The SMILES string of the molecule is CCO/N=C1\CCCc2[nH]cc(C(=O)Nc3ccc(OC)c(F)c3)c21. The number of amides is 1. The van der Waals surface area contributed by atoms with E-state index in [1.54, 1.807) is 12.3 Å². The summed E-state index contributed by atoms with van der Waals surface area (Å²) in [6.45, 7) is 2.33. The number of benzene rings is 1. The number of nitrogens with zero attached hydrogens (tertiary/aromatic N) is 1. The van der Waals surface area contributed by atoms with Gasteiger partial charge in [0.05, 0.1) is 18.4 Å². The molecule has 0 radical (unpaired) electrons. The maximum absolute atomic E-state index is 13.8. The zero-order valence-electron chi connectivity index (χ0n) is 14.2. The Balaban J connectivity index is 1.86. The minimum absolute atomic E-state index is 0.128. The van der Waals surface area contributed by atoms with Crippen molar-refractivity contribution in [1.29, 1.82) is 0 Å². The third-order valence-corrected chi connectivity index (χ3v) is 4.05. The Morgan fingerprint density at radius 3 is 2.96 bits per heavy atom. The summed E-state index contributed by atoms with van der Waals surface area (Å²) in [6, 6.07) is 4.29. The molecule has 0 fully saturated rings. The number of halogens is 1. The van der Waals surface area contributed by atoms with Crippen LogP contribution in [0.1, 0.15) is 41.4 Å². The standard InChI is InChI=1S/C18H20FN3O3/c1-3-25-22-15-6-4-5-14-17(15)12(10-20-14)18(23)21-11-7-8-16(24-2)13(19)9-11/h7-10,20H,3-6H2,1-2H3,(H,21,23)/b22-15+. The quantitative estimate of drug-likeness (QED) is 0.815. The van der Waals surface area contributed by atoms with Gasteiger partial charge in [0.25, 0.3) is 5.91 Å². The van der Waals surface area contributed by atoms with Crippen molar-refractivity contribution in [3.63, 3.8) is 0 Å². The molecule has 1 heterocycles. The molecular weight excluding hydrogens is 325 g/mol. The van der Waals surface area contributed by atoms with E-state index in [2.05, 4.69) is 15.5 Å². The van der Waals surface area contributed by atoms with Gasteiger partial charge in [-0.25, -0.2) is 4.39 Å². The van der Waals surface area contributed by atoms with Crippen LogP contribution in [0, 0.1) is 5.82 Å². The molecule has 1 aliphatic carbocycles. The maximum Gasteiger partial charge on any atom is 0.257 e. The Morgan fingerprint density at radius 1 is 1.40 bits per heavy atom. The van der Waals surface area contributed by atoms with Crippen LogP contribution in [0.3, 0.4) is 0 Å². The molecule has 1 aromatic carbocycles. The lowest BCUT2D eigenvalue weighted by Crippen LogP contribution is -2.19. The Hall–Kier alpha value is -2.83. The molecule has 0 bridgehead atoms. The predicted octanol–water partition coefficient (Wildman–Crippen LogP) is 3.49. The van der Waals surface area contributed by atoms with E-state index in [0.717, 1.165) is 36.2 Å². The van der Waals surface area contributed by atoms with Crippen molar-refractivity contribution in [3.05, 3.63) is 47.0 Å². The number of fused-ring (bicyclic) bond motifs is 1. The lowest BCUT2D eigenvalue weighted by molar-refractivity contribution is 0.102. The van der Waals surface area contributed by atoms with Crippen LogP contribution < -0.4 is 10.1 Å². The highest BCUT2D eigenvalue weighted by Crippen LogP contribution is 2.26. The molecule has 1 aromatic heterocycles. The second kappa shape index (κ2) is 7.38. The predicted molar refractivity (Wildman–Crippen MR) is 92.8 cm³/mol. The molecule has 1 aliphatic rings. The number of nitrogens with one attached hydrogen (secondary N) is 2. The summed E-state index contributed by atoms with van der Waals surface area (Å²) >= 11 is 0. The smallest absolute Gasteiger partial charge is 0.257 e. The van der Waals surface area contributed by atoms with Gasteiger partial charge in [0.2, 0.25) is 0 Å². The summed E-state index contributed by atoms with van der Waals surface area (Å²) < 4.78 is 18.7. The van der Waals surface area contributed by atoms with Gasteiger partial charge in [-0.15, -0.1) is 0 Å². The van der Waals surface area contributed by atoms with E-state index in [1.807, 2.05) is 6.92 Å². The number of aromatic amines is 1. The first kappa shape index (κ1) is 17.0. The third kappa shape index (κ3) is 3.50. The lowest BCUT2D eigenvalue weighted by Gasteiger charge is -2.15. The summed E-state index contributed by atoms with van der Waals surface area (Å²) in [4.78, 5) is 21.0. The highest BCUT2D eigenvalue weighted by Gasteiger charge is 2.25. The topological polar surface area (TPSA) is 75.7 Å². The fourth-order valence-corrected chi connectivity index (χ4v) is 2.91. The average Bonchev–Trinajstić information content (AvgIpc) is 3.05. The van der Waals surface area contributed by atoms with Crippen LogP contribution in [0.4, 0.5) is 10.1 Å². The number of oxime groups is 1. The van der Waals surface area contributed by atoms with Gasteiger partial charge < -0.3 is 19.9 Å². The first-order chi connectivity index (χ1) is 12.1. The van der Waals surface area contributed by atoms with E-state index in [1.165, 1.54) is 19.2 Å². The molecule has 1 amide bonds. The Morgan fingerprint density at radius 2 is 2.24 bits per heavy atom. The van der Waals surface area contributed by atoms with Gasteiger partial charge >= 0.3 is 0 Å². The Labute approximate surface area is 145 Å². The van der Waals surface area contributed by atoms with E-state index in [-0.39, 0.29) is 11.7 Å². The normalized spacial score (nSPS) is 14.9. The minimum atomic E-state index is -0.532. The van der Waals surface area contributed by atoms with Crippen molar-refractivity contribution in [2.24, 2.45) is 5.16 Å². The zero-order valence-corrected chi connectivity index (χ0v) is 14.2. The summed E-state index contributed by atoms with van der Waals surface area (Å²) in [5.74, 6) is -0.730. The number of ether oxygens (including phenoxy) is 1. The largest absolute Gasteiger partial charge is 0.494 e. The summed E-state index contributed by atoms with van der Waals surface area (Å²) in [5, 5.41) is 6.86. The number of carbonyl (C=O) groups excluding carboxylic acids is 1. The number of anilines is 1. The molecule has 6 nitrogen and oxygen atoms in total. The fourth-order valence-electron chi connectivity index (χ4n) is 2.91. The van der Waals surface area contributed by atoms with Crippen LogP contribution in [0.15, 0.2) is 29.6 Å². The molecule has 0 saturated carbocycles. The van der Waals surface area contributed by atoms with Crippen LogP contribution in [-0.2, 0) is 11.3 Å². The Bertz CT molecular complexity index is 814. The van der Waals surface area contributed by atoms with Crippen molar-refractivity contribution in [2.75, 3.05) is 19.0 Å². The van der Waals surface area contributed by atoms with Crippen molar-refractivity contribution >= 4 is 17.3 Å². The molecular formula is C18H20FN3O3. The molecule has 2 aromatic rings. The van der Waals surface area contributed by atoms with Crippen molar-refractivity contribution < 1.29 is 18.8 Å². The second-order valence-corrected chi connectivity index (χ2v) is 5.67. The molecule has 0 aliphatic heterocycles. The first-order valence-electron chi connectivity index (χ1n) is 8.18. The molecule has 0 saturated heterocycles. The molecule has 0 unspecified atom stereocenters. The van der Waals surface area contributed by atoms with Crippen LogP contribution in [0.2, 0.25) is 0 Å². The number of rotatable bonds is 5. The third-order valence-electron chi connectivity index (χ3n) is 4.05. The number of H-pyrrole nitrogens is 1. The lowest BCUT2D eigenvalue weighted by atomic mass is 9.93. The van der Waals surface area contributed by atoms with Gasteiger partial charge in [-0.3, -0.25) is 4.79 Å². The molecule has 3 rings (SSSR count). The highest BCUT2D eigenvalue weighted by molar-refractivity contribution is 6.15. The van der Waals surface area contributed by atoms with Crippen molar-refractivity contribution in [2.45, 2.75) is 26.2 Å². The Kier molecular flexibility index (Phi) is 5.02. The molecule has 132 valence electrons. The van der Waals surface area contributed by atoms with E-state index in [9.17, 15) is 9.18 Å². The number of hydrogen-bond donors (Lipinski definition) is 2. The van der Waals surface area contributed by atoms with Gasteiger partial charge in [0, 0.05) is 29.2 Å². The van der Waals surface area contributed by atoms with Crippen LogP contribution in [0.5, 0.6) is 5.75 Å². The number of carbonyl (C=O) groups is 1. The second-order valence-electron chi connectivity index (χ2n) is 5.67. The molecule has 0 spiro atoms. The molecule has 7 heteroatoms. The van der Waals surface area contributed by atoms with Gasteiger partial charge in [-0.05, 0) is 38.3 Å². The van der Waals surface area contributed by atoms with E-state index in [0.29, 0.717) is 17.9 Å². The number of hydrogen-bond acceptors (Lipinski definition) is 4. The number of aromatic nitrogens is 1. The van der Waals surface area contributed by atoms with Gasteiger partial charge in [0.15, 0.2) is 11.6 Å². The fraction of sp³-hybridized carbons (Fsp3) is 0.333. The van der Waals surface area contributed by atoms with E-state index >= 15 is 0 Å². The molecule has 25 heavy (non-hydrogen) atoms. The van der Waals surface area contributed by atoms with E-state index in [4.69, 9.17) is 9.57 Å². The zero-order chi connectivity index (χ0) is 17.8. The minimum Gasteiger partial charge on any atom is -0.494 e. The van der Waals surface area contributed by atoms with Gasteiger partial charge in [-0.2, -0.15) is 0 Å². The monoisotopic (exact) mass is 345 g/mol. The highest BCUT2D eigenvalue weighted by atomic mass is 19.1. The summed E-state index contributed by atoms with van der Waals surface area (Å²) in [5.41, 5.74) is 3.35. The van der Waals surface area contributed by atoms with Crippen molar-refractivity contribution in [1.82, 2.24) is 4.98 Å². The van der Waals surface area contributed by atoms with Gasteiger partial charge in [-0.1, -0.05) is 5.16 Å².